The molecule has 1 heterocycles. The molecule has 1 aromatic heterocycles. The quantitative estimate of drug-likeness (QED) is 0.853. The molecule has 0 spiro atoms. The molecule has 1 aliphatic carbocycles. The van der Waals surface area contributed by atoms with E-state index >= 15 is 0 Å². The van der Waals surface area contributed by atoms with Crippen LogP contribution < -0.4 is 11.1 Å². The SMILES string of the molecule is Cc1ncsc1CNC(=O)CC1(CN)CCCCC1.Cl.Cl. The van der Waals surface area contributed by atoms with Crippen LogP contribution in [0.25, 0.3) is 0 Å². The van der Waals surface area contributed by atoms with E-state index in [4.69, 9.17) is 5.73 Å². The summed E-state index contributed by atoms with van der Waals surface area (Å²) in [6.07, 6.45) is 6.45. The van der Waals surface area contributed by atoms with Crippen molar-refractivity contribution in [2.45, 2.75) is 52.0 Å². The molecule has 0 aromatic carbocycles. The van der Waals surface area contributed by atoms with Gasteiger partial charge in [0, 0.05) is 11.3 Å². The van der Waals surface area contributed by atoms with Crippen LogP contribution in [0.1, 0.15) is 49.1 Å². The molecule has 7 heteroatoms. The highest BCUT2D eigenvalue weighted by Crippen LogP contribution is 2.38. The lowest BCUT2D eigenvalue weighted by Crippen LogP contribution is -2.38. The smallest absolute Gasteiger partial charge is 0.220 e. The summed E-state index contributed by atoms with van der Waals surface area (Å²) >= 11 is 1.59. The maximum absolute atomic E-state index is 12.1. The fourth-order valence-corrected chi connectivity index (χ4v) is 3.55. The van der Waals surface area contributed by atoms with E-state index in [-0.39, 0.29) is 36.1 Å². The molecule has 1 aliphatic rings. The van der Waals surface area contributed by atoms with Gasteiger partial charge in [0.25, 0.3) is 0 Å². The minimum atomic E-state index is 0. The van der Waals surface area contributed by atoms with E-state index < -0.39 is 0 Å². The Morgan fingerprint density at radius 3 is 2.57 bits per heavy atom. The molecule has 1 aromatic rings. The van der Waals surface area contributed by atoms with Crippen LogP contribution in [0, 0.1) is 12.3 Å². The van der Waals surface area contributed by atoms with Crippen molar-refractivity contribution in [3.8, 4) is 0 Å². The predicted molar refractivity (Wildman–Crippen MR) is 92.4 cm³/mol. The monoisotopic (exact) mass is 353 g/mol. The van der Waals surface area contributed by atoms with Crippen molar-refractivity contribution in [2.24, 2.45) is 11.1 Å². The second-order valence-electron chi connectivity index (χ2n) is 5.58. The molecule has 0 saturated heterocycles. The number of hydrogen-bond acceptors (Lipinski definition) is 4. The average Bonchev–Trinajstić information content (AvgIpc) is 2.83. The first-order valence-electron chi connectivity index (χ1n) is 7.01. The van der Waals surface area contributed by atoms with Crippen molar-refractivity contribution in [3.63, 3.8) is 0 Å². The largest absolute Gasteiger partial charge is 0.351 e. The van der Waals surface area contributed by atoms with Crippen molar-refractivity contribution in [3.05, 3.63) is 16.1 Å². The number of amides is 1. The molecule has 2 rings (SSSR count). The molecule has 1 fully saturated rings. The zero-order chi connectivity index (χ0) is 13.7. The molecule has 3 N–H and O–H groups in total. The van der Waals surface area contributed by atoms with Gasteiger partial charge in [-0.1, -0.05) is 19.3 Å². The molecule has 122 valence electrons. The van der Waals surface area contributed by atoms with Gasteiger partial charge in [-0.2, -0.15) is 0 Å². The van der Waals surface area contributed by atoms with E-state index in [0.717, 1.165) is 23.4 Å². The normalized spacial score (nSPS) is 16.5. The van der Waals surface area contributed by atoms with Crippen LogP contribution in [0.5, 0.6) is 0 Å². The molecular formula is C14H25Cl2N3OS. The van der Waals surface area contributed by atoms with Crippen molar-refractivity contribution < 1.29 is 4.79 Å². The summed E-state index contributed by atoms with van der Waals surface area (Å²) in [5.41, 5.74) is 8.79. The van der Waals surface area contributed by atoms with Gasteiger partial charge in [-0.3, -0.25) is 4.79 Å². The Balaban J connectivity index is 0.00000200. The lowest BCUT2D eigenvalue weighted by molar-refractivity contribution is -0.124. The summed E-state index contributed by atoms with van der Waals surface area (Å²) in [4.78, 5) is 17.4. The predicted octanol–water partition coefficient (Wildman–Crippen LogP) is 3.21. The molecule has 0 bridgehead atoms. The van der Waals surface area contributed by atoms with Gasteiger partial charge >= 0.3 is 0 Å². The number of thiazole rings is 1. The lowest BCUT2D eigenvalue weighted by Gasteiger charge is -2.35. The first kappa shape index (κ1) is 20.6. The zero-order valence-electron chi connectivity index (χ0n) is 12.4. The van der Waals surface area contributed by atoms with E-state index in [1.807, 2.05) is 12.4 Å². The maximum atomic E-state index is 12.1. The summed E-state index contributed by atoms with van der Waals surface area (Å²) in [5.74, 6) is 0.125. The minimum absolute atomic E-state index is 0. The number of nitrogens with zero attached hydrogens (tertiary/aromatic N) is 1. The van der Waals surface area contributed by atoms with Crippen molar-refractivity contribution >= 4 is 42.1 Å². The Kier molecular flexibility index (Phi) is 9.45. The van der Waals surface area contributed by atoms with Gasteiger partial charge in [-0.25, -0.2) is 4.98 Å². The van der Waals surface area contributed by atoms with E-state index in [9.17, 15) is 4.79 Å². The third kappa shape index (κ3) is 5.74. The standard InChI is InChI=1S/C14H23N3OS.2ClH/c1-11-12(19-10-17-11)8-16-13(18)7-14(9-15)5-3-2-4-6-14;;/h10H,2-9,15H2,1H3,(H,16,18);2*1H. The van der Waals surface area contributed by atoms with Gasteiger partial charge in [0.2, 0.25) is 5.91 Å². The Morgan fingerprint density at radius 2 is 2.05 bits per heavy atom. The maximum Gasteiger partial charge on any atom is 0.220 e. The number of aromatic nitrogens is 1. The second kappa shape index (κ2) is 9.62. The van der Waals surface area contributed by atoms with Gasteiger partial charge in [0.15, 0.2) is 0 Å². The van der Waals surface area contributed by atoms with Gasteiger partial charge in [-0.05, 0) is 31.7 Å². The minimum Gasteiger partial charge on any atom is -0.351 e. The zero-order valence-corrected chi connectivity index (χ0v) is 14.8. The number of nitrogens with two attached hydrogens (primary N) is 1. The molecule has 0 unspecified atom stereocenters. The molecule has 0 atom stereocenters. The number of carbonyl (C=O) groups excluding carboxylic acids is 1. The van der Waals surface area contributed by atoms with Crippen LogP contribution in [0.15, 0.2) is 5.51 Å². The molecule has 1 saturated carbocycles. The van der Waals surface area contributed by atoms with Crippen molar-refractivity contribution in [1.82, 2.24) is 10.3 Å². The molecule has 21 heavy (non-hydrogen) atoms. The molecular weight excluding hydrogens is 329 g/mol. The van der Waals surface area contributed by atoms with E-state index in [1.54, 1.807) is 11.3 Å². The molecule has 4 nitrogen and oxygen atoms in total. The number of carbonyl (C=O) groups is 1. The summed E-state index contributed by atoms with van der Waals surface area (Å²) in [5, 5.41) is 3.01. The highest BCUT2D eigenvalue weighted by atomic mass is 35.5. The Bertz CT molecular complexity index is 434. The van der Waals surface area contributed by atoms with E-state index in [0.29, 0.717) is 19.5 Å². The van der Waals surface area contributed by atoms with Crippen molar-refractivity contribution in [1.29, 1.82) is 0 Å². The van der Waals surface area contributed by atoms with E-state index in [2.05, 4.69) is 10.3 Å². The average molecular weight is 354 g/mol. The Morgan fingerprint density at radius 1 is 1.38 bits per heavy atom. The fraction of sp³-hybridized carbons (Fsp3) is 0.714. The summed E-state index contributed by atoms with van der Waals surface area (Å²) < 4.78 is 0. The molecule has 1 amide bonds. The summed E-state index contributed by atoms with van der Waals surface area (Å²) in [6, 6.07) is 0. The second-order valence-corrected chi connectivity index (χ2v) is 6.52. The number of halogens is 2. The first-order chi connectivity index (χ1) is 9.15. The Labute approximate surface area is 143 Å². The van der Waals surface area contributed by atoms with Crippen LogP contribution in [-0.4, -0.2) is 17.4 Å². The number of hydrogen-bond donors (Lipinski definition) is 2. The van der Waals surface area contributed by atoms with Crippen LogP contribution in [0.3, 0.4) is 0 Å². The lowest BCUT2D eigenvalue weighted by atomic mass is 9.71. The molecule has 0 aliphatic heterocycles. The van der Waals surface area contributed by atoms with Crippen LogP contribution in [0.4, 0.5) is 0 Å². The number of rotatable bonds is 5. The van der Waals surface area contributed by atoms with Gasteiger partial charge in [0.1, 0.15) is 0 Å². The highest BCUT2D eigenvalue weighted by Gasteiger charge is 2.32. The van der Waals surface area contributed by atoms with Gasteiger partial charge < -0.3 is 11.1 Å². The fourth-order valence-electron chi connectivity index (χ4n) is 2.83. The third-order valence-corrected chi connectivity index (χ3v) is 5.11. The van der Waals surface area contributed by atoms with Crippen LogP contribution >= 0.6 is 36.2 Å². The Hall–Kier alpha value is -0.360. The molecule has 0 radical (unpaired) electrons. The van der Waals surface area contributed by atoms with Crippen molar-refractivity contribution in [2.75, 3.05) is 6.54 Å². The number of nitrogens with one attached hydrogen (secondary N) is 1. The number of aryl methyl sites for hydroxylation is 1. The van der Waals surface area contributed by atoms with Crippen LogP contribution in [-0.2, 0) is 11.3 Å². The topological polar surface area (TPSA) is 68.0 Å². The van der Waals surface area contributed by atoms with Gasteiger partial charge in [-0.15, -0.1) is 36.2 Å². The van der Waals surface area contributed by atoms with Crippen LogP contribution in [0.2, 0.25) is 0 Å². The third-order valence-electron chi connectivity index (χ3n) is 4.17. The summed E-state index contributed by atoms with van der Waals surface area (Å²) in [7, 11) is 0. The van der Waals surface area contributed by atoms with E-state index in [1.165, 1.54) is 19.3 Å². The van der Waals surface area contributed by atoms with Gasteiger partial charge in [0.05, 0.1) is 17.7 Å². The highest BCUT2D eigenvalue weighted by molar-refractivity contribution is 7.09. The summed E-state index contributed by atoms with van der Waals surface area (Å²) in [6.45, 7) is 3.19. The first-order valence-corrected chi connectivity index (χ1v) is 7.89.